The van der Waals surface area contributed by atoms with Crippen molar-refractivity contribution >= 4 is 19.4 Å². The van der Waals surface area contributed by atoms with Gasteiger partial charge in [-0.15, -0.1) is 0 Å². The van der Waals surface area contributed by atoms with Gasteiger partial charge < -0.3 is 0 Å². The van der Waals surface area contributed by atoms with Gasteiger partial charge >= 0.3 is 128 Å². The number of hydrogen-bond acceptors (Lipinski definition) is 3. The normalized spacial score (nSPS) is 15.1. The zero-order valence-corrected chi connectivity index (χ0v) is 13.6. The molecular weight excluding hydrogens is 350 g/mol. The van der Waals surface area contributed by atoms with Crippen molar-refractivity contribution in [1.29, 1.82) is 0 Å². The molecule has 0 unspecified atom stereocenters. The van der Waals surface area contributed by atoms with Crippen molar-refractivity contribution in [2.45, 2.75) is 30.4 Å². The molecular formula is C14H18F3NO2Se. The first-order chi connectivity index (χ1) is 9.93. The number of halogens is 3. The molecule has 0 spiro atoms. The Balaban J connectivity index is 2.15. The van der Waals surface area contributed by atoms with Gasteiger partial charge in [-0.1, -0.05) is 0 Å². The number of benzene rings is 1. The van der Waals surface area contributed by atoms with Gasteiger partial charge in [-0.2, -0.15) is 0 Å². The van der Waals surface area contributed by atoms with E-state index in [1.165, 1.54) is 33.1 Å². The van der Waals surface area contributed by atoms with E-state index in [1.54, 1.807) is 6.07 Å². The first-order valence-electron chi connectivity index (χ1n) is 6.67. The molecule has 0 saturated heterocycles. The van der Waals surface area contributed by atoms with E-state index in [-0.39, 0.29) is 10.2 Å². The van der Waals surface area contributed by atoms with Crippen LogP contribution in [0.4, 0.5) is 13.2 Å². The van der Waals surface area contributed by atoms with E-state index in [1.807, 2.05) is 0 Å². The second kappa shape index (κ2) is 6.90. The van der Waals surface area contributed by atoms with Crippen LogP contribution in [0.3, 0.4) is 0 Å². The predicted molar refractivity (Wildman–Crippen MR) is 75.7 cm³/mol. The molecule has 1 saturated carbocycles. The van der Waals surface area contributed by atoms with Gasteiger partial charge in [0.05, 0.1) is 0 Å². The molecule has 1 aliphatic carbocycles. The van der Waals surface area contributed by atoms with E-state index in [2.05, 4.69) is 5.32 Å². The second-order valence-electron chi connectivity index (χ2n) is 4.84. The molecule has 118 valence electrons. The molecule has 0 aliphatic heterocycles. The molecule has 2 rings (SSSR count). The number of ether oxygens (including phenoxy) is 2. The van der Waals surface area contributed by atoms with Gasteiger partial charge in [-0.3, -0.25) is 0 Å². The summed E-state index contributed by atoms with van der Waals surface area (Å²) in [5.41, 5.74) is 0.865. The van der Waals surface area contributed by atoms with Gasteiger partial charge in [0.15, 0.2) is 0 Å². The first kappa shape index (κ1) is 16.5. The molecule has 0 heterocycles. The van der Waals surface area contributed by atoms with Crippen LogP contribution in [-0.4, -0.2) is 46.8 Å². The van der Waals surface area contributed by atoms with E-state index in [4.69, 9.17) is 9.47 Å². The third-order valence-corrected chi connectivity index (χ3v) is 4.81. The molecule has 7 heteroatoms. The molecule has 0 aromatic heterocycles. The molecule has 1 aliphatic rings. The topological polar surface area (TPSA) is 30.5 Å². The van der Waals surface area contributed by atoms with E-state index >= 15 is 0 Å². The van der Waals surface area contributed by atoms with Gasteiger partial charge in [0, 0.05) is 0 Å². The summed E-state index contributed by atoms with van der Waals surface area (Å²) in [4.78, 5) is 0. The second-order valence-corrected chi connectivity index (χ2v) is 7.16. The minimum atomic E-state index is -4.21. The standard InChI is InChI=1S/C14H18F3NO2Se/c1-19-11-8-13(21-14(15,16)17)12(20-2)7-9(11)5-6-18-10-3-4-10/h7-8,10,18H,3-6H2,1-2H3. The van der Waals surface area contributed by atoms with Crippen molar-refractivity contribution in [1.82, 2.24) is 5.32 Å². The van der Waals surface area contributed by atoms with Crippen LogP contribution in [0.15, 0.2) is 12.1 Å². The van der Waals surface area contributed by atoms with Crippen molar-refractivity contribution in [3.8, 4) is 11.5 Å². The molecule has 3 nitrogen and oxygen atoms in total. The minimum absolute atomic E-state index is 0.160. The molecule has 0 bridgehead atoms. The van der Waals surface area contributed by atoms with Crippen LogP contribution >= 0.6 is 0 Å². The average Bonchev–Trinajstić information content (AvgIpc) is 3.22. The third kappa shape index (κ3) is 5.09. The molecule has 1 aromatic rings. The van der Waals surface area contributed by atoms with E-state index in [0.717, 1.165) is 12.1 Å². The first-order valence-corrected chi connectivity index (χ1v) is 8.38. The van der Waals surface area contributed by atoms with Crippen LogP contribution in [0.2, 0.25) is 0 Å². The molecule has 21 heavy (non-hydrogen) atoms. The van der Waals surface area contributed by atoms with Crippen molar-refractivity contribution in [2.24, 2.45) is 0 Å². The third-order valence-electron chi connectivity index (χ3n) is 3.20. The molecule has 1 aromatic carbocycles. The number of alkyl halides is 3. The molecule has 1 fully saturated rings. The Labute approximate surface area is 128 Å². The number of hydrogen-bond donors (Lipinski definition) is 1. The summed E-state index contributed by atoms with van der Waals surface area (Å²) >= 11 is -1.64. The Kier molecular flexibility index (Phi) is 5.41. The van der Waals surface area contributed by atoms with Gasteiger partial charge in [0.25, 0.3) is 0 Å². The Morgan fingerprint density at radius 3 is 2.38 bits per heavy atom. The fourth-order valence-corrected chi connectivity index (χ4v) is 3.41. The van der Waals surface area contributed by atoms with E-state index < -0.39 is 20.0 Å². The van der Waals surface area contributed by atoms with Crippen LogP contribution in [0.1, 0.15) is 18.4 Å². The van der Waals surface area contributed by atoms with Crippen molar-refractivity contribution in [3.05, 3.63) is 17.7 Å². The van der Waals surface area contributed by atoms with Crippen LogP contribution in [-0.2, 0) is 6.42 Å². The quantitative estimate of drug-likeness (QED) is 0.746. The Morgan fingerprint density at radius 1 is 1.19 bits per heavy atom. The summed E-state index contributed by atoms with van der Waals surface area (Å²) in [6.07, 6.45) is 3.11. The Hall–Kier alpha value is -0.911. The van der Waals surface area contributed by atoms with Crippen molar-refractivity contribution < 1.29 is 22.6 Å². The summed E-state index contributed by atoms with van der Waals surface area (Å²) in [6, 6.07) is 3.72. The monoisotopic (exact) mass is 369 g/mol. The summed E-state index contributed by atoms with van der Waals surface area (Å²) < 4.78 is 48.3. The zero-order chi connectivity index (χ0) is 15.5. The summed E-state index contributed by atoms with van der Waals surface area (Å²) in [5.74, 6) is 0.782. The number of nitrogens with one attached hydrogen (secondary N) is 1. The molecule has 1 N–H and O–H groups in total. The van der Waals surface area contributed by atoms with Crippen LogP contribution in [0.5, 0.6) is 11.5 Å². The maximum absolute atomic E-state index is 12.6. The van der Waals surface area contributed by atoms with Crippen LogP contribution in [0, 0.1) is 0 Å². The van der Waals surface area contributed by atoms with Gasteiger partial charge in [0.1, 0.15) is 0 Å². The van der Waals surface area contributed by atoms with Crippen molar-refractivity contribution in [2.75, 3.05) is 20.8 Å². The predicted octanol–water partition coefficient (Wildman–Crippen LogP) is 1.85. The summed E-state index contributed by atoms with van der Waals surface area (Å²) in [5, 5.41) is -0.834. The van der Waals surface area contributed by atoms with Gasteiger partial charge in [-0.05, 0) is 0 Å². The van der Waals surface area contributed by atoms with Gasteiger partial charge in [-0.25, -0.2) is 0 Å². The number of methoxy groups -OCH3 is 2. The van der Waals surface area contributed by atoms with Gasteiger partial charge in [0.2, 0.25) is 0 Å². The van der Waals surface area contributed by atoms with Crippen molar-refractivity contribution in [3.63, 3.8) is 0 Å². The molecule has 0 amide bonds. The van der Waals surface area contributed by atoms with E-state index in [0.29, 0.717) is 18.2 Å². The number of rotatable bonds is 7. The summed E-state index contributed by atoms with van der Waals surface area (Å²) in [6.45, 7) is 0.786. The maximum atomic E-state index is 12.6. The zero-order valence-electron chi connectivity index (χ0n) is 11.9. The Morgan fingerprint density at radius 2 is 1.86 bits per heavy atom. The molecule has 0 radical (unpaired) electrons. The SMILES string of the molecule is COc1cc([Se]C(F)(F)F)c(OC)cc1CCNC1CC1. The Bertz CT molecular complexity index is 490. The summed E-state index contributed by atoms with van der Waals surface area (Å²) in [7, 11) is 2.87. The van der Waals surface area contributed by atoms with Crippen LogP contribution < -0.4 is 19.3 Å². The average molecular weight is 368 g/mol. The van der Waals surface area contributed by atoms with E-state index in [9.17, 15) is 13.2 Å². The fraction of sp³-hybridized carbons (Fsp3) is 0.571. The fourth-order valence-electron chi connectivity index (χ4n) is 2.03. The van der Waals surface area contributed by atoms with Crippen LogP contribution in [0.25, 0.3) is 0 Å². The molecule has 0 atom stereocenters.